The fourth-order valence-electron chi connectivity index (χ4n) is 3.91. The molecule has 4 nitrogen and oxygen atoms in total. The van der Waals surface area contributed by atoms with E-state index in [4.69, 9.17) is 10.5 Å². The topological polar surface area (TPSA) is 60.2 Å². The molecule has 0 saturated carbocycles. The Hall–Kier alpha value is -2.76. The van der Waals surface area contributed by atoms with Crippen molar-refractivity contribution in [1.29, 1.82) is 0 Å². The second-order valence-electron chi connectivity index (χ2n) is 7.74. The number of ether oxygens (including phenoxy) is 1. The zero-order valence-corrected chi connectivity index (χ0v) is 16.6. The third-order valence-electron chi connectivity index (χ3n) is 5.37. The first kappa shape index (κ1) is 19.6. The molecule has 1 aromatic heterocycles. The molecule has 3 aromatic rings. The van der Waals surface area contributed by atoms with Gasteiger partial charge in [-0.25, -0.2) is 9.37 Å². The van der Waals surface area contributed by atoms with Crippen LogP contribution >= 0.6 is 0 Å². The predicted molar refractivity (Wildman–Crippen MR) is 114 cm³/mol. The van der Waals surface area contributed by atoms with Crippen LogP contribution in [0.3, 0.4) is 0 Å². The van der Waals surface area contributed by atoms with E-state index in [-0.39, 0.29) is 11.9 Å². The Bertz CT molecular complexity index is 954. The molecule has 2 aromatic carbocycles. The lowest BCUT2D eigenvalue weighted by Crippen LogP contribution is -2.24. The fraction of sp³-hybridized carbons (Fsp3) is 0.292. The quantitative estimate of drug-likeness (QED) is 0.663. The summed E-state index contributed by atoms with van der Waals surface area (Å²) in [6.07, 6.45) is 0.989. The van der Waals surface area contributed by atoms with Crippen molar-refractivity contribution in [3.05, 3.63) is 83.3 Å². The lowest BCUT2D eigenvalue weighted by Gasteiger charge is -2.19. The van der Waals surface area contributed by atoms with Gasteiger partial charge in [-0.05, 0) is 59.9 Å². The molecule has 0 radical (unpaired) electrons. The van der Waals surface area contributed by atoms with Crippen LogP contribution < -0.4 is 11.1 Å². The minimum absolute atomic E-state index is 0.140. The van der Waals surface area contributed by atoms with Crippen molar-refractivity contribution < 1.29 is 9.13 Å². The zero-order valence-electron chi connectivity index (χ0n) is 16.6. The van der Waals surface area contributed by atoms with Crippen LogP contribution in [0, 0.1) is 18.7 Å². The van der Waals surface area contributed by atoms with Crippen molar-refractivity contribution in [1.82, 2.24) is 10.3 Å². The SMILES string of the molecule is Cc1cc(N)nc(C[C@@H]2CNC[C@@H]2OCc2ccc(-c3cccc(F)c3)cc2)c1. The maximum atomic E-state index is 13.4. The number of halogens is 1. The molecule has 0 aliphatic carbocycles. The summed E-state index contributed by atoms with van der Waals surface area (Å²) >= 11 is 0. The van der Waals surface area contributed by atoms with Crippen molar-refractivity contribution in [3.63, 3.8) is 0 Å². The smallest absolute Gasteiger partial charge is 0.123 e. The van der Waals surface area contributed by atoms with Gasteiger partial charge in [0.1, 0.15) is 11.6 Å². The molecule has 0 spiro atoms. The first-order valence-corrected chi connectivity index (χ1v) is 9.97. The van der Waals surface area contributed by atoms with Crippen LogP contribution in [0.5, 0.6) is 0 Å². The molecule has 1 aliphatic rings. The summed E-state index contributed by atoms with van der Waals surface area (Å²) in [7, 11) is 0. The van der Waals surface area contributed by atoms with E-state index < -0.39 is 0 Å². The van der Waals surface area contributed by atoms with Crippen molar-refractivity contribution in [2.24, 2.45) is 5.92 Å². The number of nitrogens with two attached hydrogens (primary N) is 1. The third-order valence-corrected chi connectivity index (χ3v) is 5.37. The van der Waals surface area contributed by atoms with Gasteiger partial charge in [-0.15, -0.1) is 0 Å². The van der Waals surface area contributed by atoms with Crippen LogP contribution in [-0.2, 0) is 17.8 Å². The van der Waals surface area contributed by atoms with Crippen LogP contribution in [0.4, 0.5) is 10.2 Å². The van der Waals surface area contributed by atoms with Crippen molar-refractivity contribution in [2.75, 3.05) is 18.8 Å². The average Bonchev–Trinajstić information content (AvgIpc) is 3.13. The van der Waals surface area contributed by atoms with E-state index in [1.807, 2.05) is 43.3 Å². The normalized spacial score (nSPS) is 18.8. The van der Waals surface area contributed by atoms with Crippen molar-refractivity contribution >= 4 is 5.82 Å². The maximum Gasteiger partial charge on any atom is 0.123 e. The Morgan fingerprint density at radius 1 is 1.07 bits per heavy atom. The van der Waals surface area contributed by atoms with Crippen molar-refractivity contribution in [2.45, 2.75) is 26.1 Å². The highest BCUT2D eigenvalue weighted by molar-refractivity contribution is 5.63. The van der Waals surface area contributed by atoms with Gasteiger partial charge in [-0.1, -0.05) is 36.4 Å². The molecule has 1 fully saturated rings. The standard InChI is InChI=1S/C24H26FN3O/c1-16-9-22(28-24(26)10-16)12-20-13-27-14-23(20)29-15-17-5-7-18(8-6-17)19-3-2-4-21(25)11-19/h2-11,20,23,27H,12-15H2,1H3,(H2,26,28)/t20-,23+/m1/s1. The van der Waals surface area contributed by atoms with Crippen LogP contribution in [-0.4, -0.2) is 24.2 Å². The van der Waals surface area contributed by atoms with E-state index in [2.05, 4.69) is 16.4 Å². The fourth-order valence-corrected chi connectivity index (χ4v) is 3.91. The molecule has 0 unspecified atom stereocenters. The van der Waals surface area contributed by atoms with Crippen LogP contribution in [0.25, 0.3) is 11.1 Å². The van der Waals surface area contributed by atoms with Crippen LogP contribution in [0.2, 0.25) is 0 Å². The molecule has 5 heteroatoms. The number of nitrogens with one attached hydrogen (secondary N) is 1. The minimum Gasteiger partial charge on any atom is -0.384 e. The predicted octanol–water partition coefficient (Wildman–Crippen LogP) is 4.13. The number of nitrogens with zero attached hydrogens (tertiary/aromatic N) is 1. The van der Waals surface area contributed by atoms with E-state index in [0.717, 1.165) is 47.5 Å². The number of benzene rings is 2. The third kappa shape index (κ3) is 5.00. The molecule has 29 heavy (non-hydrogen) atoms. The number of nitrogen functional groups attached to an aromatic ring is 1. The van der Waals surface area contributed by atoms with Gasteiger partial charge in [0.05, 0.1) is 12.7 Å². The molecule has 0 amide bonds. The largest absolute Gasteiger partial charge is 0.384 e. The summed E-state index contributed by atoms with van der Waals surface area (Å²) in [5.41, 5.74) is 11.0. The van der Waals surface area contributed by atoms with Gasteiger partial charge in [0.25, 0.3) is 0 Å². The number of aromatic nitrogens is 1. The summed E-state index contributed by atoms with van der Waals surface area (Å²) in [6.45, 7) is 4.34. The van der Waals surface area contributed by atoms with E-state index in [1.54, 1.807) is 12.1 Å². The van der Waals surface area contributed by atoms with E-state index in [0.29, 0.717) is 18.3 Å². The van der Waals surface area contributed by atoms with Gasteiger partial charge in [0.2, 0.25) is 0 Å². The highest BCUT2D eigenvalue weighted by atomic mass is 19.1. The summed E-state index contributed by atoms with van der Waals surface area (Å²) in [5, 5.41) is 3.42. The Balaban J connectivity index is 1.36. The first-order valence-electron chi connectivity index (χ1n) is 9.97. The number of rotatable bonds is 6. The molecule has 3 N–H and O–H groups in total. The number of pyridine rings is 1. The molecule has 2 atom stereocenters. The summed E-state index contributed by atoms with van der Waals surface area (Å²) in [5.74, 6) is 0.719. The molecular weight excluding hydrogens is 365 g/mol. The Kier molecular flexibility index (Phi) is 5.88. The molecule has 1 aliphatic heterocycles. The average molecular weight is 391 g/mol. The highest BCUT2D eigenvalue weighted by Crippen LogP contribution is 2.23. The lowest BCUT2D eigenvalue weighted by molar-refractivity contribution is 0.0257. The van der Waals surface area contributed by atoms with Crippen LogP contribution in [0.1, 0.15) is 16.8 Å². The zero-order chi connectivity index (χ0) is 20.2. The Morgan fingerprint density at radius 3 is 2.66 bits per heavy atom. The summed E-state index contributed by atoms with van der Waals surface area (Å²) < 4.78 is 19.6. The monoisotopic (exact) mass is 391 g/mol. The molecular formula is C24H26FN3O. The van der Waals surface area contributed by atoms with Gasteiger partial charge < -0.3 is 15.8 Å². The van der Waals surface area contributed by atoms with Gasteiger partial charge >= 0.3 is 0 Å². The summed E-state index contributed by atoms with van der Waals surface area (Å²) in [4.78, 5) is 4.46. The minimum atomic E-state index is -0.223. The van der Waals surface area contributed by atoms with E-state index in [9.17, 15) is 4.39 Å². The molecule has 150 valence electrons. The molecule has 2 heterocycles. The number of hydrogen-bond acceptors (Lipinski definition) is 4. The first-order chi connectivity index (χ1) is 14.1. The molecule has 1 saturated heterocycles. The number of hydrogen-bond donors (Lipinski definition) is 2. The Morgan fingerprint density at radius 2 is 1.90 bits per heavy atom. The highest BCUT2D eigenvalue weighted by Gasteiger charge is 2.28. The maximum absolute atomic E-state index is 13.4. The van der Waals surface area contributed by atoms with Gasteiger partial charge in [0, 0.05) is 24.7 Å². The Labute approximate surface area is 170 Å². The second kappa shape index (κ2) is 8.72. The van der Waals surface area contributed by atoms with Crippen molar-refractivity contribution in [3.8, 4) is 11.1 Å². The lowest BCUT2D eigenvalue weighted by atomic mass is 9.98. The van der Waals surface area contributed by atoms with Gasteiger partial charge in [-0.2, -0.15) is 0 Å². The summed E-state index contributed by atoms with van der Waals surface area (Å²) in [6, 6.07) is 18.7. The molecule has 0 bridgehead atoms. The van der Waals surface area contributed by atoms with E-state index in [1.165, 1.54) is 6.07 Å². The second-order valence-corrected chi connectivity index (χ2v) is 7.74. The van der Waals surface area contributed by atoms with Gasteiger partial charge in [-0.3, -0.25) is 0 Å². The van der Waals surface area contributed by atoms with Crippen LogP contribution in [0.15, 0.2) is 60.7 Å². The van der Waals surface area contributed by atoms with Gasteiger partial charge in [0.15, 0.2) is 0 Å². The van der Waals surface area contributed by atoms with E-state index >= 15 is 0 Å². The number of aryl methyl sites for hydroxylation is 1. The molecule has 4 rings (SSSR count). The number of anilines is 1.